The molecule has 0 radical (unpaired) electrons. The molecule has 2 rings (SSSR count). The molecule has 1 amide bonds. The largest absolute Gasteiger partial charge is 0.495 e. The highest BCUT2D eigenvalue weighted by molar-refractivity contribution is 5.87. The molecular formula is C15H15N3O3. The minimum Gasteiger partial charge on any atom is -0.495 e. The summed E-state index contributed by atoms with van der Waals surface area (Å²) >= 11 is 0. The van der Waals surface area contributed by atoms with Gasteiger partial charge in [0.1, 0.15) is 5.75 Å². The van der Waals surface area contributed by atoms with Gasteiger partial charge in [-0.2, -0.15) is 0 Å². The molecule has 21 heavy (non-hydrogen) atoms. The molecule has 6 heteroatoms. The lowest BCUT2D eigenvalue weighted by Crippen LogP contribution is -2.11. The van der Waals surface area contributed by atoms with Crippen LogP contribution in [-0.2, 0) is 4.84 Å². The number of ether oxygens (including phenoxy) is 1. The quantitative estimate of drug-likeness (QED) is 0.532. The van der Waals surface area contributed by atoms with E-state index in [1.807, 2.05) is 19.1 Å². The first-order valence-corrected chi connectivity index (χ1v) is 6.27. The van der Waals surface area contributed by atoms with Gasteiger partial charge >= 0.3 is 6.09 Å². The number of methoxy groups -OCH3 is 1. The Kier molecular flexibility index (Phi) is 4.87. The molecule has 0 fully saturated rings. The number of aryl methyl sites for hydroxylation is 1. The van der Waals surface area contributed by atoms with Crippen LogP contribution in [0.2, 0.25) is 0 Å². The number of rotatable bonds is 4. The predicted octanol–water partition coefficient (Wildman–Crippen LogP) is 2.98. The molecule has 2 aromatic rings. The van der Waals surface area contributed by atoms with E-state index >= 15 is 0 Å². The molecule has 1 aromatic heterocycles. The summed E-state index contributed by atoms with van der Waals surface area (Å²) in [4.78, 5) is 20.5. The maximum absolute atomic E-state index is 11.6. The lowest BCUT2D eigenvalue weighted by Gasteiger charge is -2.07. The summed E-state index contributed by atoms with van der Waals surface area (Å²) in [7, 11) is 1.52. The van der Waals surface area contributed by atoms with E-state index in [4.69, 9.17) is 9.57 Å². The number of anilines is 1. The Bertz CT molecular complexity index is 656. The average molecular weight is 285 g/mol. The molecular weight excluding hydrogens is 270 g/mol. The Morgan fingerprint density at radius 3 is 2.81 bits per heavy atom. The first kappa shape index (κ1) is 14.5. The van der Waals surface area contributed by atoms with Crippen LogP contribution in [0.4, 0.5) is 10.5 Å². The van der Waals surface area contributed by atoms with E-state index in [0.29, 0.717) is 17.1 Å². The van der Waals surface area contributed by atoms with E-state index < -0.39 is 6.09 Å². The van der Waals surface area contributed by atoms with Gasteiger partial charge in [-0.15, -0.1) is 0 Å². The lowest BCUT2D eigenvalue weighted by molar-refractivity contribution is 0.167. The topological polar surface area (TPSA) is 72.8 Å². The fourth-order valence-corrected chi connectivity index (χ4v) is 1.64. The van der Waals surface area contributed by atoms with Gasteiger partial charge in [-0.25, -0.2) is 4.79 Å². The van der Waals surface area contributed by atoms with Crippen molar-refractivity contribution in [2.45, 2.75) is 6.92 Å². The number of hydrogen-bond donors (Lipinski definition) is 1. The van der Waals surface area contributed by atoms with E-state index in [1.165, 1.54) is 13.3 Å². The third-order valence-corrected chi connectivity index (χ3v) is 2.57. The lowest BCUT2D eigenvalue weighted by atomic mass is 10.3. The molecule has 108 valence electrons. The van der Waals surface area contributed by atoms with Gasteiger partial charge in [-0.1, -0.05) is 23.4 Å². The summed E-state index contributed by atoms with van der Waals surface area (Å²) in [6.07, 6.45) is 0.665. The average Bonchev–Trinajstić information content (AvgIpc) is 2.48. The number of para-hydroxylation sites is 2. The molecule has 0 unspecified atom stereocenters. The van der Waals surface area contributed by atoms with Crippen molar-refractivity contribution >= 4 is 18.0 Å². The van der Waals surface area contributed by atoms with Crippen molar-refractivity contribution in [3.05, 3.63) is 53.9 Å². The van der Waals surface area contributed by atoms with Gasteiger partial charge in [0, 0.05) is 5.69 Å². The van der Waals surface area contributed by atoms with E-state index in [0.717, 1.165) is 5.69 Å². The number of amides is 1. The second kappa shape index (κ2) is 7.04. The van der Waals surface area contributed by atoms with Gasteiger partial charge in [0.25, 0.3) is 0 Å². The van der Waals surface area contributed by atoms with Crippen molar-refractivity contribution in [3.8, 4) is 5.75 Å². The molecule has 1 N–H and O–H groups in total. The normalized spacial score (nSPS) is 10.4. The summed E-state index contributed by atoms with van der Waals surface area (Å²) < 4.78 is 5.11. The Hall–Kier alpha value is -2.89. The Morgan fingerprint density at radius 1 is 1.24 bits per heavy atom. The van der Waals surface area contributed by atoms with Crippen molar-refractivity contribution in [1.29, 1.82) is 0 Å². The third kappa shape index (κ3) is 4.31. The first-order valence-electron chi connectivity index (χ1n) is 6.27. The molecule has 0 aliphatic rings. The molecule has 0 atom stereocenters. The summed E-state index contributed by atoms with van der Waals surface area (Å²) in [5.74, 6) is 0.541. The number of nitrogens with one attached hydrogen (secondary N) is 1. The number of nitrogens with zero attached hydrogens (tertiary/aromatic N) is 2. The van der Waals surface area contributed by atoms with Crippen LogP contribution in [0.5, 0.6) is 5.75 Å². The van der Waals surface area contributed by atoms with Crippen LogP contribution in [0, 0.1) is 6.92 Å². The zero-order valence-electron chi connectivity index (χ0n) is 11.7. The fraction of sp³-hybridized carbons (Fsp3) is 0.133. The highest BCUT2D eigenvalue weighted by Crippen LogP contribution is 2.22. The fourth-order valence-electron chi connectivity index (χ4n) is 1.64. The van der Waals surface area contributed by atoms with E-state index in [1.54, 1.807) is 30.3 Å². The smallest absolute Gasteiger partial charge is 0.437 e. The Morgan fingerprint density at radius 2 is 2.05 bits per heavy atom. The molecule has 1 heterocycles. The number of carbonyl (C=O) groups excluding carboxylic acids is 1. The standard InChI is InChI=1S/C15H15N3O3/c1-11-6-5-7-12(17-11)10-16-21-15(19)18-13-8-3-4-9-14(13)20-2/h3-10H,1-2H3,(H,18,19). The maximum atomic E-state index is 11.6. The molecule has 0 saturated heterocycles. The highest BCUT2D eigenvalue weighted by Gasteiger charge is 2.07. The Labute approximate surface area is 122 Å². The molecule has 1 aromatic carbocycles. The van der Waals surface area contributed by atoms with Crippen molar-refractivity contribution in [2.24, 2.45) is 5.16 Å². The van der Waals surface area contributed by atoms with Gasteiger partial charge < -0.3 is 4.74 Å². The van der Waals surface area contributed by atoms with Gasteiger partial charge in [-0.3, -0.25) is 15.1 Å². The molecule has 0 saturated carbocycles. The van der Waals surface area contributed by atoms with Crippen LogP contribution in [-0.4, -0.2) is 24.4 Å². The molecule has 0 bridgehead atoms. The summed E-state index contributed by atoms with van der Waals surface area (Å²) in [5.41, 5.74) is 1.98. The van der Waals surface area contributed by atoms with Crippen LogP contribution in [0.3, 0.4) is 0 Å². The van der Waals surface area contributed by atoms with Gasteiger partial charge in [0.15, 0.2) is 0 Å². The number of carbonyl (C=O) groups is 1. The van der Waals surface area contributed by atoms with Crippen LogP contribution < -0.4 is 10.1 Å². The van der Waals surface area contributed by atoms with E-state index in [2.05, 4.69) is 15.5 Å². The number of pyridine rings is 1. The van der Waals surface area contributed by atoms with Gasteiger partial charge in [0.2, 0.25) is 0 Å². The summed E-state index contributed by atoms with van der Waals surface area (Å²) in [6, 6.07) is 12.5. The minimum atomic E-state index is -0.705. The summed E-state index contributed by atoms with van der Waals surface area (Å²) in [5, 5.41) is 6.13. The van der Waals surface area contributed by atoms with Crippen molar-refractivity contribution < 1.29 is 14.4 Å². The third-order valence-electron chi connectivity index (χ3n) is 2.57. The molecule has 0 aliphatic carbocycles. The minimum absolute atomic E-state index is 0.508. The monoisotopic (exact) mass is 285 g/mol. The number of oxime groups is 1. The zero-order chi connectivity index (χ0) is 15.1. The molecule has 0 aliphatic heterocycles. The second-order valence-corrected chi connectivity index (χ2v) is 4.14. The van der Waals surface area contributed by atoms with E-state index in [-0.39, 0.29) is 0 Å². The number of hydrogen-bond acceptors (Lipinski definition) is 5. The zero-order valence-corrected chi connectivity index (χ0v) is 11.7. The summed E-state index contributed by atoms with van der Waals surface area (Å²) in [6.45, 7) is 1.87. The highest BCUT2D eigenvalue weighted by atomic mass is 16.7. The van der Waals surface area contributed by atoms with Crippen LogP contribution >= 0.6 is 0 Å². The van der Waals surface area contributed by atoms with Crippen molar-refractivity contribution in [2.75, 3.05) is 12.4 Å². The molecule has 0 spiro atoms. The van der Waals surface area contributed by atoms with Gasteiger partial charge in [0.05, 0.1) is 24.7 Å². The van der Waals surface area contributed by atoms with Gasteiger partial charge in [-0.05, 0) is 31.2 Å². The maximum Gasteiger partial charge on any atom is 0.437 e. The van der Waals surface area contributed by atoms with Crippen LogP contribution in [0.15, 0.2) is 47.6 Å². The number of aromatic nitrogens is 1. The predicted molar refractivity (Wildman–Crippen MR) is 79.7 cm³/mol. The van der Waals surface area contributed by atoms with Crippen molar-refractivity contribution in [1.82, 2.24) is 4.98 Å². The van der Waals surface area contributed by atoms with Crippen LogP contribution in [0.25, 0.3) is 0 Å². The SMILES string of the molecule is COc1ccccc1NC(=O)ON=Cc1cccc(C)n1. The van der Waals surface area contributed by atoms with E-state index in [9.17, 15) is 4.79 Å². The van der Waals surface area contributed by atoms with Crippen molar-refractivity contribution in [3.63, 3.8) is 0 Å². The Balaban J connectivity index is 1.93. The first-order chi connectivity index (χ1) is 10.2. The number of benzene rings is 1. The second-order valence-electron chi connectivity index (χ2n) is 4.14. The van der Waals surface area contributed by atoms with Crippen LogP contribution in [0.1, 0.15) is 11.4 Å². The molecule has 6 nitrogen and oxygen atoms in total.